The van der Waals surface area contributed by atoms with Crippen molar-refractivity contribution in [2.75, 3.05) is 31.3 Å². The quantitative estimate of drug-likeness (QED) is 0.859. The van der Waals surface area contributed by atoms with Crippen LogP contribution in [-0.4, -0.2) is 48.4 Å². The number of benzene rings is 1. The number of carbonyl (C=O) groups is 1. The molecule has 3 aliphatic rings. The Bertz CT molecular complexity index is 624. The predicted octanol–water partition coefficient (Wildman–Crippen LogP) is 2.28. The molecule has 5 nitrogen and oxygen atoms in total. The van der Waals surface area contributed by atoms with Gasteiger partial charge in [-0.3, -0.25) is 9.69 Å². The van der Waals surface area contributed by atoms with E-state index in [1.165, 1.54) is 0 Å². The molecule has 122 valence electrons. The number of anilines is 1. The minimum absolute atomic E-state index is 0.105. The second-order valence-electron chi connectivity index (χ2n) is 6.61. The second kappa shape index (κ2) is 5.73. The molecule has 2 atom stereocenters. The van der Waals surface area contributed by atoms with Crippen molar-refractivity contribution in [3.05, 3.63) is 30.3 Å². The summed E-state index contributed by atoms with van der Waals surface area (Å²) in [7, 11) is 0. The lowest BCUT2D eigenvalue weighted by atomic mass is 9.88. The van der Waals surface area contributed by atoms with Crippen LogP contribution in [0.2, 0.25) is 0 Å². The van der Waals surface area contributed by atoms with Crippen molar-refractivity contribution in [2.24, 2.45) is 11.0 Å². The molecule has 4 rings (SSSR count). The summed E-state index contributed by atoms with van der Waals surface area (Å²) in [5, 5.41) is 6.94. The highest BCUT2D eigenvalue weighted by atomic mass is 16.5. The zero-order valence-corrected chi connectivity index (χ0v) is 13.6. The third-order valence-electron chi connectivity index (χ3n) is 5.42. The van der Waals surface area contributed by atoms with Gasteiger partial charge in [0.2, 0.25) is 0 Å². The van der Waals surface area contributed by atoms with Crippen molar-refractivity contribution >= 4 is 17.2 Å². The number of ether oxygens (including phenoxy) is 1. The van der Waals surface area contributed by atoms with Gasteiger partial charge in [-0.1, -0.05) is 18.2 Å². The van der Waals surface area contributed by atoms with Crippen LogP contribution in [0.4, 0.5) is 5.69 Å². The molecule has 1 saturated heterocycles. The van der Waals surface area contributed by atoms with Gasteiger partial charge < -0.3 is 4.74 Å². The van der Waals surface area contributed by atoms with Crippen LogP contribution in [0.3, 0.4) is 0 Å². The van der Waals surface area contributed by atoms with Crippen LogP contribution in [0.1, 0.15) is 26.2 Å². The van der Waals surface area contributed by atoms with Gasteiger partial charge in [0, 0.05) is 25.9 Å². The monoisotopic (exact) mass is 313 g/mol. The van der Waals surface area contributed by atoms with E-state index in [1.54, 1.807) is 6.92 Å². The maximum absolute atomic E-state index is 12.2. The van der Waals surface area contributed by atoms with Crippen LogP contribution in [0.25, 0.3) is 0 Å². The van der Waals surface area contributed by atoms with E-state index in [2.05, 4.69) is 22.0 Å². The van der Waals surface area contributed by atoms with Gasteiger partial charge in [-0.15, -0.1) is 0 Å². The van der Waals surface area contributed by atoms with Crippen LogP contribution in [0.15, 0.2) is 35.4 Å². The number of ketones is 1. The fraction of sp³-hybridized carbons (Fsp3) is 0.556. The zero-order valence-electron chi connectivity index (χ0n) is 13.6. The van der Waals surface area contributed by atoms with E-state index in [4.69, 9.17) is 9.84 Å². The standard InChI is InChI=1S/C18H23N3O2/c1-14(22)17-16-8-5-9-18(16,20-10-12-23-13-11-20)21(19-17)15-6-3-2-4-7-15/h2-4,6-7,16H,5,8-13H2,1H3. The topological polar surface area (TPSA) is 45.1 Å². The van der Waals surface area contributed by atoms with Crippen molar-refractivity contribution in [1.29, 1.82) is 0 Å². The highest BCUT2D eigenvalue weighted by Crippen LogP contribution is 2.49. The fourth-order valence-corrected chi connectivity index (χ4v) is 4.47. The average Bonchev–Trinajstić information content (AvgIpc) is 3.14. The third kappa shape index (κ3) is 2.22. The van der Waals surface area contributed by atoms with E-state index in [1.807, 2.05) is 18.2 Å². The molecular formula is C18H23N3O2. The fourth-order valence-electron chi connectivity index (χ4n) is 4.47. The van der Waals surface area contributed by atoms with E-state index in [0.29, 0.717) is 0 Å². The summed E-state index contributed by atoms with van der Waals surface area (Å²) >= 11 is 0. The third-order valence-corrected chi connectivity index (χ3v) is 5.42. The number of hydrogen-bond acceptors (Lipinski definition) is 5. The first-order valence-electron chi connectivity index (χ1n) is 8.51. The van der Waals surface area contributed by atoms with E-state index < -0.39 is 0 Å². The van der Waals surface area contributed by atoms with Crippen molar-refractivity contribution < 1.29 is 9.53 Å². The minimum Gasteiger partial charge on any atom is -0.379 e. The van der Waals surface area contributed by atoms with Crippen molar-refractivity contribution in [3.63, 3.8) is 0 Å². The summed E-state index contributed by atoms with van der Waals surface area (Å²) in [5.74, 6) is 0.311. The van der Waals surface area contributed by atoms with Gasteiger partial charge in [0.25, 0.3) is 0 Å². The number of morpholine rings is 1. The number of carbonyl (C=O) groups excluding carboxylic acids is 1. The lowest BCUT2D eigenvalue weighted by Gasteiger charge is -2.48. The molecule has 1 aliphatic carbocycles. The van der Waals surface area contributed by atoms with Gasteiger partial charge >= 0.3 is 0 Å². The maximum Gasteiger partial charge on any atom is 0.176 e. The molecule has 1 aromatic rings. The molecule has 1 aromatic carbocycles. The Morgan fingerprint density at radius 1 is 1.26 bits per heavy atom. The molecule has 2 aliphatic heterocycles. The highest BCUT2D eigenvalue weighted by Gasteiger charge is 2.58. The van der Waals surface area contributed by atoms with Gasteiger partial charge in [0.15, 0.2) is 5.78 Å². The molecule has 23 heavy (non-hydrogen) atoms. The Kier molecular flexibility index (Phi) is 3.70. The molecular weight excluding hydrogens is 290 g/mol. The summed E-state index contributed by atoms with van der Waals surface area (Å²) in [6.07, 6.45) is 3.23. The Morgan fingerprint density at radius 3 is 2.70 bits per heavy atom. The van der Waals surface area contributed by atoms with Gasteiger partial charge in [-0.2, -0.15) is 5.10 Å². The molecule has 2 heterocycles. The molecule has 2 unspecified atom stereocenters. The number of hydrogen-bond donors (Lipinski definition) is 0. The molecule has 0 spiro atoms. The first-order chi connectivity index (χ1) is 11.2. The summed E-state index contributed by atoms with van der Waals surface area (Å²) < 4.78 is 5.56. The Labute approximate surface area is 136 Å². The summed E-state index contributed by atoms with van der Waals surface area (Å²) in [6, 6.07) is 10.3. The maximum atomic E-state index is 12.2. The van der Waals surface area contributed by atoms with Gasteiger partial charge in [-0.05, 0) is 31.4 Å². The number of hydrazone groups is 1. The minimum atomic E-state index is -0.188. The van der Waals surface area contributed by atoms with Crippen molar-refractivity contribution in [2.45, 2.75) is 31.8 Å². The lowest BCUT2D eigenvalue weighted by Crippen LogP contribution is -2.62. The Hall–Kier alpha value is -1.72. The zero-order chi connectivity index (χ0) is 15.9. The lowest BCUT2D eigenvalue weighted by molar-refractivity contribution is -0.111. The second-order valence-corrected chi connectivity index (χ2v) is 6.61. The molecule has 0 amide bonds. The van der Waals surface area contributed by atoms with E-state index in [0.717, 1.165) is 57.0 Å². The molecule has 5 heteroatoms. The smallest absolute Gasteiger partial charge is 0.176 e. The Morgan fingerprint density at radius 2 is 2.00 bits per heavy atom. The number of rotatable bonds is 3. The van der Waals surface area contributed by atoms with Gasteiger partial charge in [0.1, 0.15) is 11.4 Å². The van der Waals surface area contributed by atoms with Crippen LogP contribution >= 0.6 is 0 Å². The summed E-state index contributed by atoms with van der Waals surface area (Å²) in [5.41, 5.74) is 1.63. The molecule has 0 N–H and O–H groups in total. The van der Waals surface area contributed by atoms with E-state index in [-0.39, 0.29) is 17.4 Å². The number of Topliss-reactive ketones (excluding diaryl/α,β-unsaturated/α-hetero) is 1. The Balaban J connectivity index is 1.81. The normalized spacial score (nSPS) is 31.1. The number of fused-ring (bicyclic) bond motifs is 1. The van der Waals surface area contributed by atoms with E-state index in [9.17, 15) is 4.79 Å². The predicted molar refractivity (Wildman–Crippen MR) is 89.5 cm³/mol. The number of nitrogens with zero attached hydrogens (tertiary/aromatic N) is 3. The molecule has 2 fully saturated rings. The first kappa shape index (κ1) is 14.8. The molecule has 1 saturated carbocycles. The van der Waals surface area contributed by atoms with Crippen LogP contribution < -0.4 is 5.01 Å². The van der Waals surface area contributed by atoms with Crippen LogP contribution in [-0.2, 0) is 9.53 Å². The summed E-state index contributed by atoms with van der Waals surface area (Å²) in [4.78, 5) is 14.7. The molecule has 0 bridgehead atoms. The van der Waals surface area contributed by atoms with Crippen molar-refractivity contribution in [1.82, 2.24) is 4.90 Å². The van der Waals surface area contributed by atoms with Gasteiger partial charge in [0.05, 0.1) is 18.9 Å². The SMILES string of the molecule is CC(=O)C1=NN(c2ccccc2)C2(N3CCOCC3)CCCC12. The van der Waals surface area contributed by atoms with Gasteiger partial charge in [-0.25, -0.2) is 5.01 Å². The highest BCUT2D eigenvalue weighted by molar-refractivity contribution is 6.41. The van der Waals surface area contributed by atoms with E-state index >= 15 is 0 Å². The van der Waals surface area contributed by atoms with Crippen LogP contribution in [0, 0.1) is 5.92 Å². The molecule has 0 radical (unpaired) electrons. The first-order valence-corrected chi connectivity index (χ1v) is 8.51. The summed E-state index contributed by atoms with van der Waals surface area (Å²) in [6.45, 7) is 4.97. The largest absolute Gasteiger partial charge is 0.379 e. The van der Waals surface area contributed by atoms with Crippen LogP contribution in [0.5, 0.6) is 0 Å². The van der Waals surface area contributed by atoms with Crippen molar-refractivity contribution in [3.8, 4) is 0 Å². The average molecular weight is 313 g/mol. The number of para-hydroxylation sites is 1. The molecule has 0 aromatic heterocycles.